The molecule has 1 amide bonds. The van der Waals surface area contributed by atoms with Gasteiger partial charge in [-0.25, -0.2) is 4.39 Å². The minimum atomic E-state index is -0.239. The quantitative estimate of drug-likeness (QED) is 0.754. The third-order valence-corrected chi connectivity index (χ3v) is 4.93. The average molecular weight is 389 g/mol. The minimum absolute atomic E-state index is 0.0861. The van der Waals surface area contributed by atoms with Gasteiger partial charge < -0.3 is 19.3 Å². The lowest BCUT2D eigenvalue weighted by Gasteiger charge is -2.35. The van der Waals surface area contributed by atoms with Gasteiger partial charge in [-0.15, -0.1) is 0 Å². The van der Waals surface area contributed by atoms with E-state index in [2.05, 4.69) is 0 Å². The fourth-order valence-corrected chi connectivity index (χ4v) is 3.51. The number of carbonyl (C=O) groups is 1. The highest BCUT2D eigenvalue weighted by atomic mass is 35.5. The van der Waals surface area contributed by atoms with E-state index < -0.39 is 0 Å². The Morgan fingerprint density at radius 3 is 2.67 bits per heavy atom. The van der Waals surface area contributed by atoms with Crippen LogP contribution in [0.25, 0.3) is 6.08 Å². The molecule has 1 fully saturated rings. The second-order valence-corrected chi connectivity index (χ2v) is 6.74. The van der Waals surface area contributed by atoms with Crippen LogP contribution in [0, 0.1) is 5.82 Å². The van der Waals surface area contributed by atoms with E-state index in [1.165, 1.54) is 12.1 Å². The lowest BCUT2D eigenvalue weighted by molar-refractivity contribution is -0.126. The highest BCUT2D eigenvalue weighted by Crippen LogP contribution is 2.40. The Kier molecular flexibility index (Phi) is 4.90. The molecule has 2 aromatic carbocycles. The molecule has 27 heavy (non-hydrogen) atoms. The van der Waals surface area contributed by atoms with Crippen molar-refractivity contribution < 1.29 is 18.7 Å². The summed E-state index contributed by atoms with van der Waals surface area (Å²) in [5, 5.41) is 0.454. The fourth-order valence-electron chi connectivity index (χ4n) is 3.23. The van der Waals surface area contributed by atoms with Gasteiger partial charge in [-0.05, 0) is 35.9 Å². The van der Waals surface area contributed by atoms with E-state index in [4.69, 9.17) is 21.1 Å². The number of rotatable bonds is 3. The van der Waals surface area contributed by atoms with Crippen molar-refractivity contribution >= 4 is 29.3 Å². The first kappa shape index (κ1) is 17.7. The van der Waals surface area contributed by atoms with Crippen LogP contribution in [0.2, 0.25) is 5.02 Å². The zero-order valence-electron chi connectivity index (χ0n) is 14.5. The number of hydrogen-bond acceptors (Lipinski definition) is 4. The van der Waals surface area contributed by atoms with Crippen molar-refractivity contribution in [3.8, 4) is 11.5 Å². The molecular weight excluding hydrogens is 371 g/mol. The molecule has 0 radical (unpaired) electrons. The molecule has 1 saturated heterocycles. The van der Waals surface area contributed by atoms with Crippen molar-refractivity contribution in [3.63, 3.8) is 0 Å². The van der Waals surface area contributed by atoms with Crippen molar-refractivity contribution in [2.45, 2.75) is 0 Å². The molecular formula is C20H18ClFN2O3. The molecule has 0 N–H and O–H groups in total. The summed E-state index contributed by atoms with van der Waals surface area (Å²) in [6.45, 7) is 2.42. The normalized spacial score (nSPS) is 16.2. The lowest BCUT2D eigenvalue weighted by atomic mass is 10.1. The zero-order chi connectivity index (χ0) is 18.8. The number of para-hydroxylation sites is 1. The van der Waals surface area contributed by atoms with E-state index >= 15 is 0 Å². The summed E-state index contributed by atoms with van der Waals surface area (Å²) in [6, 6.07) is 10.2. The Morgan fingerprint density at radius 1 is 1.11 bits per heavy atom. The van der Waals surface area contributed by atoms with E-state index in [1.807, 2.05) is 11.0 Å². The zero-order valence-corrected chi connectivity index (χ0v) is 15.3. The third kappa shape index (κ3) is 3.71. The largest absolute Gasteiger partial charge is 0.454 e. The SMILES string of the molecule is O=C(/C=C/c1cc(Cl)c2c(c1)OCO2)N1CCN(c2ccccc2F)CC1. The second-order valence-electron chi connectivity index (χ2n) is 6.33. The van der Waals surface area contributed by atoms with Gasteiger partial charge in [-0.2, -0.15) is 0 Å². The molecule has 7 heteroatoms. The van der Waals surface area contributed by atoms with Gasteiger partial charge in [0.25, 0.3) is 0 Å². The molecule has 0 aliphatic carbocycles. The maximum absolute atomic E-state index is 13.9. The van der Waals surface area contributed by atoms with Crippen molar-refractivity contribution in [1.82, 2.24) is 4.90 Å². The van der Waals surface area contributed by atoms with Crippen LogP contribution in [0.1, 0.15) is 5.56 Å². The number of fused-ring (bicyclic) bond motifs is 1. The van der Waals surface area contributed by atoms with Crippen LogP contribution in [0.15, 0.2) is 42.5 Å². The summed E-state index contributed by atoms with van der Waals surface area (Å²) in [7, 11) is 0. The van der Waals surface area contributed by atoms with Crippen molar-refractivity contribution in [2.24, 2.45) is 0 Å². The standard InChI is InChI=1S/C20H18ClFN2O3/c21-15-11-14(12-18-20(15)27-13-26-18)5-6-19(25)24-9-7-23(8-10-24)17-4-2-1-3-16(17)22/h1-6,11-12H,7-10,13H2/b6-5+. The summed E-state index contributed by atoms with van der Waals surface area (Å²) in [4.78, 5) is 16.2. The molecule has 0 saturated carbocycles. The number of anilines is 1. The number of nitrogens with zero attached hydrogens (tertiary/aromatic N) is 2. The molecule has 2 aliphatic rings. The predicted octanol–water partition coefficient (Wildman–Crippen LogP) is 3.57. The molecule has 140 valence electrons. The molecule has 2 aromatic rings. The first-order valence-electron chi connectivity index (χ1n) is 8.67. The Morgan fingerprint density at radius 2 is 1.89 bits per heavy atom. The van der Waals surface area contributed by atoms with Crippen LogP contribution in [0.4, 0.5) is 10.1 Å². The first-order chi connectivity index (χ1) is 13.1. The van der Waals surface area contributed by atoms with Gasteiger partial charge in [-0.1, -0.05) is 23.7 Å². The number of benzene rings is 2. The number of ether oxygens (including phenoxy) is 2. The number of halogens is 2. The molecule has 2 aliphatic heterocycles. The number of carbonyl (C=O) groups excluding carboxylic acids is 1. The number of hydrogen-bond donors (Lipinski definition) is 0. The maximum atomic E-state index is 13.9. The van der Waals surface area contributed by atoms with E-state index in [1.54, 1.807) is 35.2 Å². The second kappa shape index (κ2) is 7.48. The van der Waals surface area contributed by atoms with E-state index in [-0.39, 0.29) is 18.5 Å². The van der Waals surface area contributed by atoms with Crippen molar-refractivity contribution in [2.75, 3.05) is 37.9 Å². The molecule has 5 nitrogen and oxygen atoms in total. The summed E-state index contributed by atoms with van der Waals surface area (Å²) in [6.07, 6.45) is 3.23. The van der Waals surface area contributed by atoms with Crippen LogP contribution in [0.5, 0.6) is 11.5 Å². The molecule has 0 bridgehead atoms. The van der Waals surface area contributed by atoms with Gasteiger partial charge in [0.15, 0.2) is 11.5 Å². The van der Waals surface area contributed by atoms with Crippen molar-refractivity contribution in [1.29, 1.82) is 0 Å². The van der Waals surface area contributed by atoms with E-state index in [9.17, 15) is 9.18 Å². The Hall–Kier alpha value is -2.73. The monoisotopic (exact) mass is 388 g/mol. The highest BCUT2D eigenvalue weighted by molar-refractivity contribution is 6.32. The molecule has 0 unspecified atom stereocenters. The smallest absolute Gasteiger partial charge is 0.246 e. The van der Waals surface area contributed by atoms with Crippen molar-refractivity contribution in [3.05, 3.63) is 58.9 Å². The summed E-state index contributed by atoms with van der Waals surface area (Å²) >= 11 is 6.16. The maximum Gasteiger partial charge on any atom is 0.246 e. The summed E-state index contributed by atoms with van der Waals surface area (Å²) in [5.41, 5.74) is 1.35. The van der Waals surface area contributed by atoms with Crippen LogP contribution in [-0.2, 0) is 4.79 Å². The lowest BCUT2D eigenvalue weighted by Crippen LogP contribution is -2.48. The minimum Gasteiger partial charge on any atom is -0.454 e. The fraction of sp³-hybridized carbons (Fsp3) is 0.250. The van der Waals surface area contributed by atoms with Gasteiger partial charge in [-0.3, -0.25) is 4.79 Å². The summed E-state index contributed by atoms with van der Waals surface area (Å²) < 4.78 is 24.5. The highest BCUT2D eigenvalue weighted by Gasteiger charge is 2.22. The van der Waals surface area contributed by atoms with Gasteiger partial charge in [0.05, 0.1) is 10.7 Å². The van der Waals surface area contributed by atoms with Crippen LogP contribution in [0.3, 0.4) is 0 Å². The molecule has 0 aromatic heterocycles. The molecule has 4 rings (SSSR count). The Labute approximate surface area is 161 Å². The van der Waals surface area contributed by atoms with Gasteiger partial charge in [0.2, 0.25) is 12.7 Å². The first-order valence-corrected chi connectivity index (χ1v) is 9.05. The van der Waals surface area contributed by atoms with Crippen LogP contribution >= 0.6 is 11.6 Å². The predicted molar refractivity (Wildman–Crippen MR) is 102 cm³/mol. The number of piperazine rings is 1. The average Bonchev–Trinajstić information content (AvgIpc) is 3.16. The van der Waals surface area contributed by atoms with Gasteiger partial charge in [0, 0.05) is 32.3 Å². The molecule has 2 heterocycles. The van der Waals surface area contributed by atoms with E-state index in [0.29, 0.717) is 48.4 Å². The van der Waals surface area contributed by atoms with Crippen LogP contribution < -0.4 is 14.4 Å². The number of amides is 1. The Balaban J connectivity index is 1.38. The van der Waals surface area contributed by atoms with Gasteiger partial charge >= 0.3 is 0 Å². The Bertz CT molecular complexity index is 895. The van der Waals surface area contributed by atoms with Crippen LogP contribution in [-0.4, -0.2) is 43.8 Å². The summed E-state index contributed by atoms with van der Waals surface area (Å²) in [5.74, 6) is 0.784. The third-order valence-electron chi connectivity index (χ3n) is 4.65. The van der Waals surface area contributed by atoms with Gasteiger partial charge in [0.1, 0.15) is 5.82 Å². The van der Waals surface area contributed by atoms with E-state index in [0.717, 1.165) is 5.56 Å². The molecule has 0 spiro atoms. The topological polar surface area (TPSA) is 42.0 Å². The molecule has 0 atom stereocenters.